The van der Waals surface area contributed by atoms with Crippen molar-refractivity contribution in [1.82, 2.24) is 0 Å². The van der Waals surface area contributed by atoms with Gasteiger partial charge in [0.25, 0.3) is 0 Å². The van der Waals surface area contributed by atoms with Gasteiger partial charge in [-0.15, -0.1) is 12.3 Å². The second kappa shape index (κ2) is 5.54. The van der Waals surface area contributed by atoms with Crippen molar-refractivity contribution >= 4 is 11.8 Å². The molecule has 0 nitrogen and oxygen atoms in total. The second-order valence-electron chi connectivity index (χ2n) is 3.72. The largest absolute Gasteiger partial charge is 0.158 e. The van der Waals surface area contributed by atoms with Gasteiger partial charge in [0.2, 0.25) is 0 Å². The van der Waals surface area contributed by atoms with E-state index in [1.54, 1.807) is 0 Å². The van der Waals surface area contributed by atoms with Gasteiger partial charge in [-0.3, -0.25) is 0 Å². The van der Waals surface area contributed by atoms with Gasteiger partial charge in [-0.2, -0.15) is 11.8 Å². The summed E-state index contributed by atoms with van der Waals surface area (Å²) in [6, 6.07) is 0. The summed E-state index contributed by atoms with van der Waals surface area (Å²) in [5.74, 6) is 4.80. The molecule has 1 saturated carbocycles. The Balaban J connectivity index is 2.11. The Morgan fingerprint density at radius 3 is 3.00 bits per heavy atom. The van der Waals surface area contributed by atoms with E-state index >= 15 is 0 Å². The number of hydrogen-bond donors (Lipinski definition) is 0. The zero-order valence-corrected chi connectivity index (χ0v) is 8.70. The van der Waals surface area contributed by atoms with E-state index in [-0.39, 0.29) is 0 Å². The molecule has 68 valence electrons. The van der Waals surface area contributed by atoms with Gasteiger partial charge >= 0.3 is 0 Å². The van der Waals surface area contributed by atoms with E-state index < -0.39 is 0 Å². The predicted octanol–water partition coefficient (Wildman–Crippen LogP) is 3.32. The third-order valence-corrected chi connectivity index (χ3v) is 3.83. The van der Waals surface area contributed by atoms with Gasteiger partial charge in [-0.05, 0) is 18.8 Å². The molecule has 1 rings (SSSR count). The second-order valence-corrected chi connectivity index (χ2v) is 5.13. The Kier molecular flexibility index (Phi) is 4.61. The summed E-state index contributed by atoms with van der Waals surface area (Å²) >= 11 is 2.08. The number of hydrogen-bond acceptors (Lipinski definition) is 1. The highest BCUT2D eigenvalue weighted by Gasteiger charge is 2.18. The van der Waals surface area contributed by atoms with Crippen LogP contribution in [0, 0.1) is 18.3 Å². The molecule has 0 bridgehead atoms. The van der Waals surface area contributed by atoms with Crippen LogP contribution in [0.15, 0.2) is 0 Å². The van der Waals surface area contributed by atoms with Crippen molar-refractivity contribution in [3.63, 3.8) is 0 Å². The van der Waals surface area contributed by atoms with Crippen LogP contribution in [0.3, 0.4) is 0 Å². The van der Waals surface area contributed by atoms with Gasteiger partial charge in [-0.1, -0.05) is 19.8 Å². The van der Waals surface area contributed by atoms with Gasteiger partial charge in [-0.25, -0.2) is 0 Å². The maximum absolute atomic E-state index is 5.21. The molecular weight excluding hydrogens is 164 g/mol. The number of thioether (sulfide) groups is 1. The van der Waals surface area contributed by atoms with Crippen molar-refractivity contribution in [2.75, 3.05) is 5.75 Å². The minimum atomic E-state index is 0.905. The van der Waals surface area contributed by atoms with Crippen molar-refractivity contribution in [1.29, 1.82) is 0 Å². The maximum atomic E-state index is 5.21. The first-order valence-electron chi connectivity index (χ1n) is 4.88. The molecule has 1 fully saturated rings. The van der Waals surface area contributed by atoms with Gasteiger partial charge in [0.05, 0.1) is 0 Å². The summed E-state index contributed by atoms with van der Waals surface area (Å²) in [4.78, 5) is 0. The zero-order valence-electron chi connectivity index (χ0n) is 7.88. The molecule has 0 aromatic rings. The SMILES string of the molecule is C#CCCSC1CCCC(C)C1. The quantitative estimate of drug-likeness (QED) is 0.476. The molecule has 0 aromatic heterocycles. The van der Waals surface area contributed by atoms with Crippen LogP contribution in [0.25, 0.3) is 0 Å². The van der Waals surface area contributed by atoms with Gasteiger partial charge in [0.1, 0.15) is 0 Å². The molecule has 1 heteroatoms. The molecule has 0 radical (unpaired) electrons. The first-order valence-corrected chi connectivity index (χ1v) is 5.93. The van der Waals surface area contributed by atoms with E-state index in [1.807, 2.05) is 0 Å². The summed E-state index contributed by atoms with van der Waals surface area (Å²) in [6.07, 6.45) is 11.8. The first kappa shape index (κ1) is 9.99. The van der Waals surface area contributed by atoms with Crippen LogP contribution in [0.4, 0.5) is 0 Å². The Morgan fingerprint density at radius 2 is 2.33 bits per heavy atom. The third-order valence-electron chi connectivity index (χ3n) is 2.49. The zero-order chi connectivity index (χ0) is 8.81. The lowest BCUT2D eigenvalue weighted by Crippen LogP contribution is -2.15. The topological polar surface area (TPSA) is 0 Å². The van der Waals surface area contributed by atoms with E-state index in [1.165, 1.54) is 25.7 Å². The third kappa shape index (κ3) is 3.54. The van der Waals surface area contributed by atoms with Crippen molar-refractivity contribution in [3.8, 4) is 12.3 Å². The lowest BCUT2D eigenvalue weighted by atomic mass is 9.91. The molecule has 0 amide bonds. The highest BCUT2D eigenvalue weighted by Crippen LogP contribution is 2.31. The summed E-state index contributed by atoms with van der Waals surface area (Å²) in [6.45, 7) is 2.37. The monoisotopic (exact) mass is 182 g/mol. The van der Waals surface area contributed by atoms with E-state index in [0.29, 0.717) is 0 Å². The van der Waals surface area contributed by atoms with Crippen LogP contribution < -0.4 is 0 Å². The molecule has 0 aromatic carbocycles. The lowest BCUT2D eigenvalue weighted by molar-refractivity contribution is 0.394. The fourth-order valence-electron chi connectivity index (χ4n) is 1.81. The molecule has 0 spiro atoms. The molecule has 1 aliphatic rings. The Morgan fingerprint density at radius 1 is 1.50 bits per heavy atom. The van der Waals surface area contributed by atoms with E-state index in [0.717, 1.165) is 23.3 Å². The summed E-state index contributed by atoms with van der Waals surface area (Å²) in [5, 5.41) is 0.905. The van der Waals surface area contributed by atoms with Crippen LogP contribution in [-0.4, -0.2) is 11.0 Å². The normalized spacial score (nSPS) is 29.7. The van der Waals surface area contributed by atoms with Crippen LogP contribution in [-0.2, 0) is 0 Å². The fourth-order valence-corrected chi connectivity index (χ4v) is 3.18. The summed E-state index contributed by atoms with van der Waals surface area (Å²) < 4.78 is 0. The van der Waals surface area contributed by atoms with E-state index in [9.17, 15) is 0 Å². The molecule has 0 heterocycles. The maximum Gasteiger partial charge on any atom is 0.0177 e. The molecule has 0 N–H and O–H groups in total. The van der Waals surface area contributed by atoms with E-state index in [4.69, 9.17) is 6.42 Å². The van der Waals surface area contributed by atoms with Gasteiger partial charge < -0.3 is 0 Å². The summed E-state index contributed by atoms with van der Waals surface area (Å²) in [5.41, 5.74) is 0. The minimum Gasteiger partial charge on any atom is -0.158 e. The van der Waals surface area contributed by atoms with Crippen LogP contribution >= 0.6 is 11.8 Å². The molecule has 0 aliphatic heterocycles. The molecule has 2 unspecified atom stereocenters. The van der Waals surface area contributed by atoms with Crippen molar-refractivity contribution in [2.45, 2.75) is 44.3 Å². The fraction of sp³-hybridized carbons (Fsp3) is 0.818. The Bertz CT molecular complexity index is 157. The predicted molar refractivity (Wildman–Crippen MR) is 57.3 cm³/mol. The molecule has 12 heavy (non-hydrogen) atoms. The smallest absolute Gasteiger partial charge is 0.0177 e. The average Bonchev–Trinajstić information content (AvgIpc) is 2.05. The van der Waals surface area contributed by atoms with E-state index in [2.05, 4.69) is 24.6 Å². The highest BCUT2D eigenvalue weighted by atomic mass is 32.2. The van der Waals surface area contributed by atoms with Crippen LogP contribution in [0.5, 0.6) is 0 Å². The molecular formula is C11H18S. The van der Waals surface area contributed by atoms with Gasteiger partial charge in [0, 0.05) is 17.4 Å². The number of rotatable bonds is 3. The number of terminal acetylenes is 1. The Hall–Kier alpha value is -0.0900. The lowest BCUT2D eigenvalue weighted by Gasteiger charge is -2.25. The van der Waals surface area contributed by atoms with Crippen LogP contribution in [0.2, 0.25) is 0 Å². The molecule has 0 saturated heterocycles. The van der Waals surface area contributed by atoms with Gasteiger partial charge in [0.15, 0.2) is 0 Å². The molecule has 1 aliphatic carbocycles. The standard InChI is InChI=1S/C11H18S/c1-3-4-8-12-11-7-5-6-10(2)9-11/h1,10-11H,4-9H2,2H3. The van der Waals surface area contributed by atoms with Crippen molar-refractivity contribution in [3.05, 3.63) is 0 Å². The van der Waals surface area contributed by atoms with Crippen LogP contribution in [0.1, 0.15) is 39.0 Å². The Labute approximate surface area is 80.5 Å². The minimum absolute atomic E-state index is 0.905. The molecule has 2 atom stereocenters. The summed E-state index contributed by atoms with van der Waals surface area (Å²) in [7, 11) is 0. The van der Waals surface area contributed by atoms with Crippen molar-refractivity contribution in [2.24, 2.45) is 5.92 Å². The first-order chi connectivity index (χ1) is 5.83. The van der Waals surface area contributed by atoms with Crippen molar-refractivity contribution < 1.29 is 0 Å². The average molecular weight is 182 g/mol. The highest BCUT2D eigenvalue weighted by molar-refractivity contribution is 7.99.